The molecule has 2 aromatic heterocycles. The van der Waals surface area contributed by atoms with E-state index in [0.717, 1.165) is 49.4 Å². The topological polar surface area (TPSA) is 71.8 Å². The van der Waals surface area contributed by atoms with Gasteiger partial charge in [0.1, 0.15) is 0 Å². The Balaban J connectivity index is 1.42. The van der Waals surface area contributed by atoms with Gasteiger partial charge in [-0.2, -0.15) is 4.52 Å². The van der Waals surface area contributed by atoms with Crippen LogP contribution in [0.2, 0.25) is 0 Å². The molecule has 2 aromatic rings. The monoisotopic (exact) mass is 349 g/mol. The van der Waals surface area contributed by atoms with Gasteiger partial charge in [0.2, 0.25) is 10.1 Å². The molecule has 1 aliphatic heterocycles. The van der Waals surface area contributed by atoms with E-state index < -0.39 is 0 Å². The zero-order valence-corrected chi connectivity index (χ0v) is 14.7. The number of fused-ring (bicyclic) bond motifs is 1. The summed E-state index contributed by atoms with van der Waals surface area (Å²) in [5.74, 6) is 0. The molecule has 1 unspecified atom stereocenters. The Labute approximate surface area is 144 Å². The minimum atomic E-state index is -0.110. The molecule has 3 heterocycles. The number of anilines is 1. The Kier molecular flexibility index (Phi) is 4.51. The molecule has 1 saturated carbocycles. The van der Waals surface area contributed by atoms with Crippen molar-refractivity contribution >= 4 is 21.4 Å². The van der Waals surface area contributed by atoms with E-state index in [2.05, 4.69) is 27.2 Å². The molecule has 1 N–H and O–H groups in total. The molecule has 7 nitrogen and oxygen atoms in total. The molecule has 1 saturated heterocycles. The van der Waals surface area contributed by atoms with Crippen molar-refractivity contribution in [2.45, 2.75) is 44.8 Å². The van der Waals surface area contributed by atoms with Gasteiger partial charge in [-0.15, -0.1) is 5.10 Å². The largest absolute Gasteiger partial charge is 0.374 e. The van der Waals surface area contributed by atoms with Gasteiger partial charge < -0.3 is 10.1 Å². The molecule has 1 atom stereocenters. The van der Waals surface area contributed by atoms with Gasteiger partial charge in [0.15, 0.2) is 0 Å². The Morgan fingerprint density at radius 3 is 3.12 bits per heavy atom. The number of nitrogens with zero attached hydrogens (tertiary/aromatic N) is 4. The van der Waals surface area contributed by atoms with Gasteiger partial charge in [-0.05, 0) is 19.3 Å². The molecule has 4 rings (SSSR count). The third kappa shape index (κ3) is 3.45. The van der Waals surface area contributed by atoms with E-state index in [4.69, 9.17) is 4.74 Å². The quantitative estimate of drug-likeness (QED) is 0.849. The number of hydrogen-bond donors (Lipinski definition) is 1. The van der Waals surface area contributed by atoms with Crippen molar-refractivity contribution in [2.75, 3.05) is 31.6 Å². The minimum absolute atomic E-state index is 0.110. The van der Waals surface area contributed by atoms with E-state index in [0.29, 0.717) is 11.5 Å². The van der Waals surface area contributed by atoms with Gasteiger partial charge >= 0.3 is 0 Å². The Bertz CT molecular complexity index is 769. The van der Waals surface area contributed by atoms with Crippen LogP contribution in [-0.2, 0) is 11.2 Å². The van der Waals surface area contributed by atoms with Crippen molar-refractivity contribution in [1.82, 2.24) is 19.5 Å². The first-order valence-electron chi connectivity index (χ1n) is 8.72. The zero-order valence-electron chi connectivity index (χ0n) is 13.9. The van der Waals surface area contributed by atoms with Crippen LogP contribution in [0.1, 0.15) is 31.9 Å². The van der Waals surface area contributed by atoms with Crippen LogP contribution < -0.4 is 10.9 Å². The van der Waals surface area contributed by atoms with Crippen molar-refractivity contribution < 1.29 is 4.74 Å². The number of rotatable bonds is 6. The number of hydrogen-bond acceptors (Lipinski definition) is 7. The Morgan fingerprint density at radius 2 is 2.33 bits per heavy atom. The van der Waals surface area contributed by atoms with E-state index in [1.165, 1.54) is 28.7 Å². The van der Waals surface area contributed by atoms with Crippen LogP contribution >= 0.6 is 11.3 Å². The summed E-state index contributed by atoms with van der Waals surface area (Å²) >= 11 is 1.42. The summed E-state index contributed by atoms with van der Waals surface area (Å²) in [5, 5.41) is 8.39. The molecule has 0 amide bonds. The van der Waals surface area contributed by atoms with E-state index in [1.54, 1.807) is 6.07 Å². The molecule has 24 heavy (non-hydrogen) atoms. The number of nitrogens with one attached hydrogen (secondary N) is 1. The lowest BCUT2D eigenvalue weighted by atomic mass is 10.2. The fourth-order valence-electron chi connectivity index (χ4n) is 3.15. The molecule has 2 aliphatic rings. The zero-order chi connectivity index (χ0) is 16.5. The summed E-state index contributed by atoms with van der Waals surface area (Å²) in [5.41, 5.74) is 0.731. The lowest BCUT2D eigenvalue weighted by Gasteiger charge is -2.32. The summed E-state index contributed by atoms with van der Waals surface area (Å²) < 4.78 is 7.22. The second kappa shape index (κ2) is 6.78. The van der Waals surface area contributed by atoms with Crippen molar-refractivity contribution in [3.05, 3.63) is 22.1 Å². The average Bonchev–Trinajstić information content (AvgIpc) is 3.34. The third-order valence-electron chi connectivity index (χ3n) is 4.52. The van der Waals surface area contributed by atoms with Gasteiger partial charge in [-0.1, -0.05) is 24.7 Å². The molecule has 0 spiro atoms. The Hall–Kier alpha value is -1.51. The lowest BCUT2D eigenvalue weighted by molar-refractivity contribution is -0.0241. The van der Waals surface area contributed by atoms with Gasteiger partial charge in [-0.25, -0.2) is 4.98 Å². The number of morpholine rings is 1. The standard InChI is InChI=1S/C16H23N5O2S/c1-2-3-11-8-14(22)21-16(18-11)24-15(19-21)17-9-13-10-20(6-7-23-13)12-4-5-12/h8,12-13H,2-7,9-10H2,1H3,(H,17,19). The number of aryl methyl sites for hydroxylation is 1. The average molecular weight is 349 g/mol. The summed E-state index contributed by atoms with van der Waals surface area (Å²) in [4.78, 5) is 19.8. The van der Waals surface area contributed by atoms with E-state index in [9.17, 15) is 4.79 Å². The molecular weight excluding hydrogens is 326 g/mol. The summed E-state index contributed by atoms with van der Waals surface area (Å²) in [6.45, 7) is 5.60. The highest BCUT2D eigenvalue weighted by molar-refractivity contribution is 7.20. The van der Waals surface area contributed by atoms with E-state index >= 15 is 0 Å². The van der Waals surface area contributed by atoms with Crippen LogP contribution in [0.25, 0.3) is 4.96 Å². The highest BCUT2D eigenvalue weighted by Crippen LogP contribution is 2.28. The predicted molar refractivity (Wildman–Crippen MR) is 94.0 cm³/mol. The first kappa shape index (κ1) is 16.0. The van der Waals surface area contributed by atoms with Crippen LogP contribution in [-0.4, -0.2) is 57.9 Å². The second-order valence-electron chi connectivity index (χ2n) is 6.54. The molecule has 0 aromatic carbocycles. The lowest BCUT2D eigenvalue weighted by Crippen LogP contribution is -2.46. The van der Waals surface area contributed by atoms with Crippen molar-refractivity contribution in [1.29, 1.82) is 0 Å². The number of ether oxygens (including phenoxy) is 1. The second-order valence-corrected chi connectivity index (χ2v) is 7.49. The Morgan fingerprint density at radius 1 is 1.46 bits per heavy atom. The van der Waals surface area contributed by atoms with E-state index in [1.807, 2.05) is 0 Å². The van der Waals surface area contributed by atoms with Crippen LogP contribution in [0.15, 0.2) is 10.9 Å². The molecule has 8 heteroatoms. The molecule has 0 bridgehead atoms. The summed E-state index contributed by atoms with van der Waals surface area (Å²) in [7, 11) is 0. The first-order chi connectivity index (χ1) is 11.7. The summed E-state index contributed by atoms with van der Waals surface area (Å²) in [6.07, 6.45) is 4.62. The third-order valence-corrected chi connectivity index (χ3v) is 5.38. The fraction of sp³-hybridized carbons (Fsp3) is 0.688. The first-order valence-corrected chi connectivity index (χ1v) is 9.54. The van der Waals surface area contributed by atoms with Gasteiger partial charge in [0, 0.05) is 37.4 Å². The van der Waals surface area contributed by atoms with Crippen molar-refractivity contribution in [3.63, 3.8) is 0 Å². The molecular formula is C16H23N5O2S. The van der Waals surface area contributed by atoms with Crippen LogP contribution in [0, 0.1) is 0 Å². The maximum absolute atomic E-state index is 12.1. The molecule has 130 valence electrons. The van der Waals surface area contributed by atoms with Crippen LogP contribution in [0.5, 0.6) is 0 Å². The van der Waals surface area contributed by atoms with E-state index in [-0.39, 0.29) is 11.7 Å². The maximum Gasteiger partial charge on any atom is 0.275 e. The predicted octanol–water partition coefficient (Wildman–Crippen LogP) is 1.38. The molecule has 0 radical (unpaired) electrons. The van der Waals surface area contributed by atoms with Gasteiger partial charge in [0.25, 0.3) is 5.56 Å². The van der Waals surface area contributed by atoms with Gasteiger partial charge in [-0.3, -0.25) is 9.69 Å². The fourth-order valence-corrected chi connectivity index (χ4v) is 3.98. The van der Waals surface area contributed by atoms with Crippen molar-refractivity contribution in [2.24, 2.45) is 0 Å². The minimum Gasteiger partial charge on any atom is -0.374 e. The smallest absolute Gasteiger partial charge is 0.275 e. The van der Waals surface area contributed by atoms with Crippen molar-refractivity contribution in [3.8, 4) is 0 Å². The maximum atomic E-state index is 12.1. The normalized spacial score (nSPS) is 22.1. The van der Waals surface area contributed by atoms with Crippen LogP contribution in [0.4, 0.5) is 5.13 Å². The molecule has 2 fully saturated rings. The SMILES string of the molecule is CCCc1cc(=O)n2nc(NCC3CN(C4CC4)CCO3)sc2n1. The highest BCUT2D eigenvalue weighted by Gasteiger charge is 2.32. The van der Waals surface area contributed by atoms with Gasteiger partial charge in [0.05, 0.1) is 12.7 Å². The molecule has 1 aliphatic carbocycles. The summed E-state index contributed by atoms with van der Waals surface area (Å²) in [6, 6.07) is 2.36. The van der Waals surface area contributed by atoms with Crippen LogP contribution in [0.3, 0.4) is 0 Å². The number of aromatic nitrogens is 3. The highest BCUT2D eigenvalue weighted by atomic mass is 32.1.